The van der Waals surface area contributed by atoms with Gasteiger partial charge in [0.15, 0.2) is 0 Å². The van der Waals surface area contributed by atoms with E-state index in [2.05, 4.69) is 27.7 Å². The molecule has 0 aliphatic rings. The molecule has 24 heavy (non-hydrogen) atoms. The first-order valence-corrected chi connectivity index (χ1v) is 9.49. The van der Waals surface area contributed by atoms with Crippen molar-refractivity contribution in [2.45, 2.75) is 44.9 Å². The third kappa shape index (κ3) is 4.58. The van der Waals surface area contributed by atoms with Gasteiger partial charge in [0.25, 0.3) is 10.1 Å². The van der Waals surface area contributed by atoms with Crippen LogP contribution in [0.25, 0.3) is 0 Å². The van der Waals surface area contributed by atoms with Crippen molar-refractivity contribution in [1.82, 2.24) is 0 Å². The number of rotatable bonds is 6. The molecule has 4 nitrogen and oxygen atoms in total. The van der Waals surface area contributed by atoms with Crippen molar-refractivity contribution in [2.75, 3.05) is 0 Å². The molecule has 0 aromatic heterocycles. The van der Waals surface area contributed by atoms with Gasteiger partial charge in [-0.15, -0.1) is 0 Å². The maximum absolute atomic E-state index is 11.4. The molecule has 0 atom stereocenters. The maximum atomic E-state index is 11.4. The van der Waals surface area contributed by atoms with Gasteiger partial charge in [0, 0.05) is 6.07 Å². The minimum atomic E-state index is -4.27. The van der Waals surface area contributed by atoms with E-state index in [1.165, 1.54) is 12.1 Å². The van der Waals surface area contributed by atoms with Crippen molar-refractivity contribution in [3.63, 3.8) is 0 Å². The Morgan fingerprint density at radius 2 is 1.67 bits per heavy atom. The molecule has 0 unspecified atom stereocenters. The molecule has 5 heteroatoms. The van der Waals surface area contributed by atoms with E-state index in [4.69, 9.17) is 4.74 Å². The molecule has 0 aliphatic heterocycles. The number of ether oxygens (including phenoxy) is 1. The van der Waals surface area contributed by atoms with Gasteiger partial charge in [-0.1, -0.05) is 52.0 Å². The molecule has 0 aliphatic carbocycles. The van der Waals surface area contributed by atoms with E-state index >= 15 is 0 Å². The van der Waals surface area contributed by atoms with Crippen molar-refractivity contribution in [1.29, 1.82) is 0 Å². The van der Waals surface area contributed by atoms with Gasteiger partial charge in [-0.05, 0) is 41.5 Å². The molecule has 0 amide bonds. The van der Waals surface area contributed by atoms with E-state index in [1.807, 2.05) is 24.3 Å². The Morgan fingerprint density at radius 3 is 2.25 bits per heavy atom. The van der Waals surface area contributed by atoms with E-state index in [0.29, 0.717) is 17.4 Å². The normalized spacial score (nSPS) is 12.0. The second-order valence-corrected chi connectivity index (χ2v) is 8.06. The SMILES string of the molecule is CC(C)Cc1ccc(S(=O)(=O)O)cc1Oc1ccccc1C(C)C. The molecule has 2 rings (SSSR count). The second-order valence-electron chi connectivity index (χ2n) is 6.64. The number of hydrogen-bond donors (Lipinski definition) is 1. The highest BCUT2D eigenvalue weighted by atomic mass is 32.2. The van der Waals surface area contributed by atoms with Crippen LogP contribution in [0.4, 0.5) is 0 Å². The highest BCUT2D eigenvalue weighted by Gasteiger charge is 2.16. The fourth-order valence-corrected chi connectivity index (χ4v) is 3.06. The third-order valence-corrected chi connectivity index (χ3v) is 4.58. The molecule has 0 saturated heterocycles. The predicted octanol–water partition coefficient (Wildman–Crippen LogP) is 5.05. The number of hydrogen-bond acceptors (Lipinski definition) is 3. The summed E-state index contributed by atoms with van der Waals surface area (Å²) < 4.78 is 38.3. The summed E-state index contributed by atoms with van der Waals surface area (Å²) in [5, 5.41) is 0. The monoisotopic (exact) mass is 348 g/mol. The molecule has 0 bridgehead atoms. The van der Waals surface area contributed by atoms with Crippen LogP contribution in [0.15, 0.2) is 47.4 Å². The predicted molar refractivity (Wildman–Crippen MR) is 95.4 cm³/mol. The Hall–Kier alpha value is -1.85. The summed E-state index contributed by atoms with van der Waals surface area (Å²) in [6.07, 6.45) is 0.755. The zero-order valence-corrected chi connectivity index (χ0v) is 15.3. The van der Waals surface area contributed by atoms with Crippen LogP contribution in [0.1, 0.15) is 44.7 Å². The van der Waals surface area contributed by atoms with Gasteiger partial charge in [0.1, 0.15) is 11.5 Å². The molecule has 2 aromatic carbocycles. The van der Waals surface area contributed by atoms with Gasteiger partial charge in [0.2, 0.25) is 0 Å². The van der Waals surface area contributed by atoms with Crippen LogP contribution >= 0.6 is 0 Å². The Morgan fingerprint density at radius 1 is 1.00 bits per heavy atom. The summed E-state index contributed by atoms with van der Waals surface area (Å²) in [6, 6.07) is 12.2. The lowest BCUT2D eigenvalue weighted by atomic mass is 10.0. The topological polar surface area (TPSA) is 63.6 Å². The van der Waals surface area contributed by atoms with E-state index in [-0.39, 0.29) is 10.8 Å². The van der Waals surface area contributed by atoms with E-state index < -0.39 is 10.1 Å². The van der Waals surface area contributed by atoms with Crippen molar-refractivity contribution < 1.29 is 17.7 Å². The molecule has 0 fully saturated rings. The zero-order valence-electron chi connectivity index (χ0n) is 14.5. The van der Waals surface area contributed by atoms with Gasteiger partial charge in [0.05, 0.1) is 4.90 Å². The molecule has 2 aromatic rings. The highest BCUT2D eigenvalue weighted by molar-refractivity contribution is 7.85. The smallest absolute Gasteiger partial charge is 0.294 e. The summed E-state index contributed by atoms with van der Waals surface area (Å²) in [7, 11) is -4.27. The summed E-state index contributed by atoms with van der Waals surface area (Å²) in [4.78, 5) is -0.160. The second kappa shape index (κ2) is 7.36. The van der Waals surface area contributed by atoms with Crippen LogP contribution < -0.4 is 4.74 Å². The maximum Gasteiger partial charge on any atom is 0.294 e. The Bertz CT molecular complexity index is 808. The first kappa shape index (κ1) is 18.5. The average molecular weight is 348 g/mol. The summed E-state index contributed by atoms with van der Waals surface area (Å²) in [5.41, 5.74) is 1.96. The third-order valence-electron chi connectivity index (χ3n) is 3.73. The van der Waals surface area contributed by atoms with Gasteiger partial charge in [-0.2, -0.15) is 8.42 Å². The van der Waals surface area contributed by atoms with Gasteiger partial charge in [-0.3, -0.25) is 4.55 Å². The number of para-hydroxylation sites is 1. The summed E-state index contributed by atoms with van der Waals surface area (Å²) in [6.45, 7) is 8.32. The fourth-order valence-electron chi connectivity index (χ4n) is 2.57. The highest BCUT2D eigenvalue weighted by Crippen LogP contribution is 2.34. The molecular weight excluding hydrogens is 324 g/mol. The molecule has 0 spiro atoms. The Balaban J connectivity index is 2.51. The largest absolute Gasteiger partial charge is 0.457 e. The van der Waals surface area contributed by atoms with Gasteiger partial charge < -0.3 is 4.74 Å². The molecule has 1 N–H and O–H groups in total. The van der Waals surface area contributed by atoms with Crippen LogP contribution in [0, 0.1) is 5.92 Å². The van der Waals surface area contributed by atoms with Crippen molar-refractivity contribution in [3.05, 3.63) is 53.6 Å². The van der Waals surface area contributed by atoms with Crippen LogP contribution in [-0.2, 0) is 16.5 Å². The van der Waals surface area contributed by atoms with Crippen molar-refractivity contribution in [2.24, 2.45) is 5.92 Å². The van der Waals surface area contributed by atoms with Crippen LogP contribution in [0.3, 0.4) is 0 Å². The summed E-state index contributed by atoms with van der Waals surface area (Å²) >= 11 is 0. The quantitative estimate of drug-likeness (QED) is 0.742. The first-order valence-electron chi connectivity index (χ1n) is 8.05. The van der Waals surface area contributed by atoms with Gasteiger partial charge >= 0.3 is 0 Å². The van der Waals surface area contributed by atoms with Crippen LogP contribution in [0.5, 0.6) is 11.5 Å². The van der Waals surface area contributed by atoms with Crippen molar-refractivity contribution in [3.8, 4) is 11.5 Å². The molecular formula is C19H24O4S. The van der Waals surface area contributed by atoms with E-state index in [1.54, 1.807) is 6.07 Å². The van der Waals surface area contributed by atoms with Gasteiger partial charge in [-0.25, -0.2) is 0 Å². The number of benzene rings is 2. The zero-order chi connectivity index (χ0) is 17.9. The minimum Gasteiger partial charge on any atom is -0.457 e. The van der Waals surface area contributed by atoms with Crippen LogP contribution in [-0.4, -0.2) is 13.0 Å². The van der Waals surface area contributed by atoms with E-state index in [9.17, 15) is 13.0 Å². The minimum absolute atomic E-state index is 0.160. The molecule has 0 saturated carbocycles. The van der Waals surface area contributed by atoms with E-state index in [0.717, 1.165) is 17.5 Å². The Kier molecular flexibility index (Phi) is 5.67. The lowest BCUT2D eigenvalue weighted by Crippen LogP contribution is -2.03. The lowest BCUT2D eigenvalue weighted by Gasteiger charge is -2.17. The molecule has 0 radical (unpaired) electrons. The van der Waals surface area contributed by atoms with Crippen molar-refractivity contribution >= 4 is 10.1 Å². The Labute approximate surface area is 144 Å². The van der Waals surface area contributed by atoms with Crippen LogP contribution in [0.2, 0.25) is 0 Å². The standard InChI is InChI=1S/C19H24O4S/c1-13(2)11-15-9-10-16(24(20,21)22)12-19(15)23-18-8-6-5-7-17(18)14(3)4/h5-10,12-14H,11H2,1-4H3,(H,20,21,22). The molecule has 0 heterocycles. The lowest BCUT2D eigenvalue weighted by molar-refractivity contribution is 0.457. The molecule has 130 valence electrons. The summed E-state index contributed by atoms with van der Waals surface area (Å²) in [5.74, 6) is 1.83. The average Bonchev–Trinajstić information content (AvgIpc) is 2.47. The fraction of sp³-hybridized carbons (Fsp3) is 0.368. The first-order chi connectivity index (χ1) is 11.2.